The molecule has 0 radical (unpaired) electrons. The summed E-state index contributed by atoms with van der Waals surface area (Å²) in [7, 11) is -3.87. The zero-order valence-corrected chi connectivity index (χ0v) is 14.2. The molecule has 2 rings (SSSR count). The van der Waals surface area contributed by atoms with Crippen LogP contribution < -0.4 is 10.0 Å². The molecule has 0 unspecified atom stereocenters. The molecule has 0 saturated carbocycles. The largest absolute Gasteiger partial charge is 0.341 e. The maximum atomic E-state index is 12.5. The van der Waals surface area contributed by atoms with Crippen LogP contribution >= 0.6 is 11.6 Å². The lowest BCUT2D eigenvalue weighted by molar-refractivity contribution is 0.0958. The summed E-state index contributed by atoms with van der Waals surface area (Å²) >= 11 is 5.99. The molecule has 0 aliphatic heterocycles. The molecule has 2 aromatic rings. The topological polar surface area (TPSA) is 75.3 Å². The number of rotatable bonds is 6. The Balaban J connectivity index is 2.22. The van der Waals surface area contributed by atoms with Crippen molar-refractivity contribution in [3.63, 3.8) is 0 Å². The van der Waals surface area contributed by atoms with E-state index in [9.17, 15) is 13.2 Å². The fraction of sp³-hybridized carbons (Fsp3) is 0.118. The van der Waals surface area contributed by atoms with Crippen LogP contribution in [0.25, 0.3) is 0 Å². The quantitative estimate of drug-likeness (QED) is 0.773. The first-order valence-corrected chi connectivity index (χ1v) is 8.85. The fourth-order valence-corrected chi connectivity index (χ4v) is 3.48. The Bertz CT molecular complexity index is 874. The van der Waals surface area contributed by atoms with Gasteiger partial charge in [-0.3, -0.25) is 4.79 Å². The standard InChI is InChI=1S/C17H15ClN2O3S/c1-2-10-19-17(21)14-8-9-15(18)16(11-14)24(22,23)20-12-13-6-4-3-5-7-13/h1,3-9,11,20H,10,12H2,(H,19,21). The van der Waals surface area contributed by atoms with Gasteiger partial charge in [-0.2, -0.15) is 0 Å². The third kappa shape index (κ3) is 4.59. The van der Waals surface area contributed by atoms with Crippen LogP contribution in [0.5, 0.6) is 0 Å². The molecule has 2 aromatic carbocycles. The van der Waals surface area contributed by atoms with Crippen molar-refractivity contribution >= 4 is 27.5 Å². The second-order valence-electron chi connectivity index (χ2n) is 4.84. The van der Waals surface area contributed by atoms with Crippen molar-refractivity contribution in [1.29, 1.82) is 0 Å². The number of halogens is 1. The Morgan fingerprint density at radius 1 is 1.17 bits per heavy atom. The van der Waals surface area contributed by atoms with Crippen LogP contribution in [0.1, 0.15) is 15.9 Å². The lowest BCUT2D eigenvalue weighted by Gasteiger charge is -2.10. The lowest BCUT2D eigenvalue weighted by atomic mass is 10.2. The molecule has 7 heteroatoms. The van der Waals surface area contributed by atoms with Crippen LogP contribution in [0, 0.1) is 12.3 Å². The number of hydrogen-bond donors (Lipinski definition) is 2. The molecule has 0 fully saturated rings. The molecule has 5 nitrogen and oxygen atoms in total. The Hall–Kier alpha value is -2.33. The van der Waals surface area contributed by atoms with Gasteiger partial charge in [-0.25, -0.2) is 13.1 Å². The number of amides is 1. The Morgan fingerprint density at radius 2 is 1.88 bits per heavy atom. The van der Waals surface area contributed by atoms with E-state index in [2.05, 4.69) is 16.0 Å². The summed E-state index contributed by atoms with van der Waals surface area (Å²) in [5.74, 6) is 1.81. The smallest absolute Gasteiger partial charge is 0.252 e. The van der Waals surface area contributed by atoms with Crippen molar-refractivity contribution in [3.05, 3.63) is 64.7 Å². The number of sulfonamides is 1. The molecule has 0 saturated heterocycles. The van der Waals surface area contributed by atoms with E-state index in [1.165, 1.54) is 18.2 Å². The van der Waals surface area contributed by atoms with Gasteiger partial charge in [-0.15, -0.1) is 6.42 Å². The molecular weight excluding hydrogens is 348 g/mol. The molecule has 0 aliphatic rings. The third-order valence-corrected chi connectivity index (χ3v) is 5.03. The maximum absolute atomic E-state index is 12.5. The molecule has 0 spiro atoms. The van der Waals surface area contributed by atoms with Crippen LogP contribution in [-0.4, -0.2) is 20.9 Å². The van der Waals surface area contributed by atoms with Gasteiger partial charge >= 0.3 is 0 Å². The van der Waals surface area contributed by atoms with Gasteiger partial charge < -0.3 is 5.32 Å². The molecule has 2 N–H and O–H groups in total. The highest BCUT2D eigenvalue weighted by Gasteiger charge is 2.20. The minimum Gasteiger partial charge on any atom is -0.341 e. The summed E-state index contributed by atoms with van der Waals surface area (Å²) in [4.78, 5) is 11.7. The fourth-order valence-electron chi connectivity index (χ4n) is 1.94. The van der Waals surface area contributed by atoms with Crippen LogP contribution in [0.4, 0.5) is 0 Å². The molecule has 1 amide bonds. The Morgan fingerprint density at radius 3 is 2.54 bits per heavy atom. The minimum absolute atomic E-state index is 0.0315. The monoisotopic (exact) mass is 362 g/mol. The van der Waals surface area contributed by atoms with E-state index in [0.29, 0.717) is 0 Å². The second-order valence-corrected chi connectivity index (χ2v) is 6.98. The number of hydrogen-bond acceptors (Lipinski definition) is 3. The van der Waals surface area contributed by atoms with E-state index in [-0.39, 0.29) is 28.6 Å². The average Bonchev–Trinajstić information content (AvgIpc) is 2.59. The van der Waals surface area contributed by atoms with Gasteiger partial charge in [0.1, 0.15) is 4.90 Å². The van der Waals surface area contributed by atoms with Gasteiger partial charge in [-0.05, 0) is 23.8 Å². The predicted octanol–water partition coefficient (Wildman–Crippen LogP) is 2.18. The van der Waals surface area contributed by atoms with E-state index in [0.717, 1.165) is 5.56 Å². The first-order chi connectivity index (χ1) is 11.4. The van der Waals surface area contributed by atoms with Crippen LogP contribution in [-0.2, 0) is 16.6 Å². The summed E-state index contributed by atoms with van der Waals surface area (Å²) in [5, 5.41) is 2.50. The van der Waals surface area contributed by atoms with E-state index < -0.39 is 15.9 Å². The molecule has 0 atom stereocenters. The summed E-state index contributed by atoms with van der Waals surface area (Å²) in [6.45, 7) is 0.169. The van der Waals surface area contributed by atoms with Crippen molar-refractivity contribution in [2.75, 3.05) is 6.54 Å². The molecule has 0 aromatic heterocycles. The number of carbonyl (C=O) groups is 1. The number of benzene rings is 2. The van der Waals surface area contributed by atoms with Gasteiger partial charge in [0.05, 0.1) is 11.6 Å². The first kappa shape index (κ1) is 18.0. The molecule has 124 valence electrons. The van der Waals surface area contributed by atoms with Crippen molar-refractivity contribution in [2.24, 2.45) is 0 Å². The normalized spacial score (nSPS) is 10.8. The van der Waals surface area contributed by atoms with Crippen LogP contribution in [0.15, 0.2) is 53.4 Å². The zero-order chi connectivity index (χ0) is 17.6. The van der Waals surface area contributed by atoms with Gasteiger partial charge in [0.2, 0.25) is 10.0 Å². The number of carbonyl (C=O) groups excluding carboxylic acids is 1. The number of nitrogens with one attached hydrogen (secondary N) is 2. The minimum atomic E-state index is -3.87. The SMILES string of the molecule is C#CCNC(=O)c1ccc(Cl)c(S(=O)(=O)NCc2ccccc2)c1. The molecular formula is C17H15ClN2O3S. The predicted molar refractivity (Wildman–Crippen MR) is 93.1 cm³/mol. The van der Waals surface area contributed by atoms with Crippen molar-refractivity contribution < 1.29 is 13.2 Å². The molecule has 0 aliphatic carbocycles. The van der Waals surface area contributed by atoms with Gasteiger partial charge in [0.25, 0.3) is 5.91 Å². The lowest BCUT2D eigenvalue weighted by Crippen LogP contribution is -2.26. The summed E-state index contributed by atoms with van der Waals surface area (Å²) in [6.07, 6.45) is 5.08. The maximum Gasteiger partial charge on any atom is 0.252 e. The molecule has 24 heavy (non-hydrogen) atoms. The third-order valence-electron chi connectivity index (χ3n) is 3.14. The summed E-state index contributed by atoms with van der Waals surface area (Å²) in [5.41, 5.74) is 0.967. The van der Waals surface area contributed by atoms with Crippen LogP contribution in [0.2, 0.25) is 5.02 Å². The van der Waals surface area contributed by atoms with Crippen molar-refractivity contribution in [1.82, 2.24) is 10.0 Å². The van der Waals surface area contributed by atoms with E-state index in [1.54, 1.807) is 12.1 Å². The Kier molecular flexibility index (Phi) is 5.99. The van der Waals surface area contributed by atoms with Gasteiger partial charge in [-0.1, -0.05) is 47.9 Å². The highest BCUT2D eigenvalue weighted by atomic mass is 35.5. The van der Waals surface area contributed by atoms with E-state index in [4.69, 9.17) is 18.0 Å². The second kappa shape index (κ2) is 7.97. The highest BCUT2D eigenvalue weighted by Crippen LogP contribution is 2.23. The van der Waals surface area contributed by atoms with Crippen LogP contribution in [0.3, 0.4) is 0 Å². The first-order valence-electron chi connectivity index (χ1n) is 6.99. The highest BCUT2D eigenvalue weighted by molar-refractivity contribution is 7.89. The number of terminal acetylenes is 1. The van der Waals surface area contributed by atoms with E-state index >= 15 is 0 Å². The van der Waals surface area contributed by atoms with Gasteiger partial charge in [0, 0.05) is 12.1 Å². The summed E-state index contributed by atoms with van der Waals surface area (Å²) < 4.78 is 27.4. The zero-order valence-electron chi connectivity index (χ0n) is 12.6. The van der Waals surface area contributed by atoms with E-state index in [1.807, 2.05) is 18.2 Å². The molecule has 0 heterocycles. The average molecular weight is 363 g/mol. The summed E-state index contributed by atoms with van der Waals surface area (Å²) in [6, 6.07) is 13.1. The van der Waals surface area contributed by atoms with Gasteiger partial charge in [0.15, 0.2) is 0 Å². The Labute approximate surface area is 146 Å². The van der Waals surface area contributed by atoms with Crippen molar-refractivity contribution in [2.45, 2.75) is 11.4 Å². The van der Waals surface area contributed by atoms with Crippen molar-refractivity contribution in [3.8, 4) is 12.3 Å². The molecule has 0 bridgehead atoms.